The minimum atomic E-state index is 0.206. The zero-order valence-corrected chi connectivity index (χ0v) is 14.3. The second-order valence-corrected chi connectivity index (χ2v) is 6.89. The minimum Gasteiger partial charge on any atom is -0.486 e. The lowest BCUT2D eigenvalue weighted by molar-refractivity contribution is 0.121. The van der Waals surface area contributed by atoms with Gasteiger partial charge in [-0.15, -0.1) is 0 Å². The molecule has 0 radical (unpaired) electrons. The van der Waals surface area contributed by atoms with Gasteiger partial charge in [0.1, 0.15) is 13.2 Å². The molecule has 1 N–H and O–H groups in total. The fourth-order valence-corrected chi connectivity index (χ4v) is 4.18. The molecule has 116 valence electrons. The molecule has 1 aromatic rings. The molecule has 5 nitrogen and oxygen atoms in total. The van der Waals surface area contributed by atoms with E-state index in [-0.39, 0.29) is 12.6 Å². The van der Waals surface area contributed by atoms with Crippen molar-refractivity contribution in [1.29, 1.82) is 0 Å². The molecule has 0 aliphatic carbocycles. The second-order valence-electron chi connectivity index (χ2n) is 5.45. The number of rotatable bonds is 3. The summed E-state index contributed by atoms with van der Waals surface area (Å²) in [7, 11) is 0. The van der Waals surface area contributed by atoms with Crippen LogP contribution in [0.1, 0.15) is 6.92 Å². The van der Waals surface area contributed by atoms with E-state index in [0.717, 1.165) is 36.8 Å². The lowest BCUT2D eigenvalue weighted by Crippen LogP contribution is -2.54. The summed E-state index contributed by atoms with van der Waals surface area (Å²) in [5.74, 6) is 1.71. The normalized spacial score (nSPS) is 24.0. The van der Waals surface area contributed by atoms with Gasteiger partial charge in [0, 0.05) is 25.7 Å². The van der Waals surface area contributed by atoms with Gasteiger partial charge in [-0.3, -0.25) is 4.90 Å². The van der Waals surface area contributed by atoms with Crippen LogP contribution < -0.4 is 14.4 Å². The Kier molecular flexibility index (Phi) is 4.75. The highest BCUT2D eigenvalue weighted by molar-refractivity contribution is 14.1. The maximum absolute atomic E-state index is 9.35. The van der Waals surface area contributed by atoms with Crippen LogP contribution in [0.5, 0.6) is 11.5 Å². The third-order valence-electron chi connectivity index (χ3n) is 4.08. The molecule has 6 heteroatoms. The summed E-state index contributed by atoms with van der Waals surface area (Å²) in [4.78, 5) is 4.70. The predicted molar refractivity (Wildman–Crippen MR) is 90.7 cm³/mol. The van der Waals surface area contributed by atoms with Crippen molar-refractivity contribution in [3.05, 3.63) is 18.2 Å². The fraction of sp³-hybridized carbons (Fsp3) is 0.600. The molecule has 3 rings (SSSR count). The van der Waals surface area contributed by atoms with Crippen LogP contribution in [-0.2, 0) is 0 Å². The van der Waals surface area contributed by atoms with Crippen molar-refractivity contribution >= 4 is 28.3 Å². The highest BCUT2D eigenvalue weighted by Gasteiger charge is 2.30. The number of hydrogen-bond acceptors (Lipinski definition) is 5. The number of fused-ring (bicyclic) bond motifs is 1. The quantitative estimate of drug-likeness (QED) is 0.473. The van der Waals surface area contributed by atoms with E-state index < -0.39 is 0 Å². The number of anilines is 1. The van der Waals surface area contributed by atoms with Gasteiger partial charge in [0.15, 0.2) is 11.5 Å². The first-order valence-corrected chi connectivity index (χ1v) is 8.59. The highest BCUT2D eigenvalue weighted by Crippen LogP contribution is 2.40. The Morgan fingerprint density at radius 2 is 2.14 bits per heavy atom. The lowest BCUT2D eigenvalue weighted by Gasteiger charge is -2.43. The molecule has 2 unspecified atom stereocenters. The van der Waals surface area contributed by atoms with Crippen molar-refractivity contribution in [2.24, 2.45) is 0 Å². The van der Waals surface area contributed by atoms with Gasteiger partial charge in [-0.05, 0) is 19.1 Å². The molecule has 0 bridgehead atoms. The van der Waals surface area contributed by atoms with Crippen LogP contribution in [0, 0.1) is 0 Å². The Morgan fingerprint density at radius 3 is 2.90 bits per heavy atom. The summed E-state index contributed by atoms with van der Waals surface area (Å²) in [5.41, 5.74) is 1.12. The largest absolute Gasteiger partial charge is 0.486 e. The van der Waals surface area contributed by atoms with E-state index in [4.69, 9.17) is 9.47 Å². The van der Waals surface area contributed by atoms with Gasteiger partial charge < -0.3 is 19.5 Å². The van der Waals surface area contributed by atoms with Crippen LogP contribution in [0.15, 0.2) is 18.2 Å². The van der Waals surface area contributed by atoms with Crippen LogP contribution in [0.3, 0.4) is 0 Å². The average molecular weight is 404 g/mol. The number of ether oxygens (including phenoxy) is 2. The van der Waals surface area contributed by atoms with Crippen LogP contribution in [-0.4, -0.2) is 59.6 Å². The SMILES string of the molecule is CC(CO)N1CCN(c2cccc3c2OCCO3)CC1I. The first-order chi connectivity index (χ1) is 10.2. The second kappa shape index (κ2) is 6.58. The number of aliphatic hydroxyl groups is 1. The monoisotopic (exact) mass is 404 g/mol. The first-order valence-electron chi connectivity index (χ1n) is 7.35. The number of piperazine rings is 1. The predicted octanol–water partition coefficient (Wildman–Crippen LogP) is 1.72. The Labute approximate surface area is 139 Å². The van der Waals surface area contributed by atoms with Crippen molar-refractivity contribution in [2.75, 3.05) is 44.4 Å². The Bertz CT molecular complexity index is 500. The van der Waals surface area contributed by atoms with E-state index in [1.807, 2.05) is 12.1 Å². The van der Waals surface area contributed by atoms with E-state index in [0.29, 0.717) is 17.3 Å². The van der Waals surface area contributed by atoms with Crippen LogP contribution in [0.25, 0.3) is 0 Å². The van der Waals surface area contributed by atoms with E-state index >= 15 is 0 Å². The van der Waals surface area contributed by atoms with Gasteiger partial charge in [0.2, 0.25) is 0 Å². The molecule has 2 heterocycles. The van der Waals surface area contributed by atoms with E-state index in [1.165, 1.54) is 0 Å². The summed E-state index contributed by atoms with van der Waals surface area (Å²) in [6, 6.07) is 6.29. The third-order valence-corrected chi connectivity index (χ3v) is 5.18. The number of para-hydroxylation sites is 1. The summed E-state index contributed by atoms with van der Waals surface area (Å²) in [5, 5.41) is 9.35. The van der Waals surface area contributed by atoms with Crippen LogP contribution in [0.2, 0.25) is 0 Å². The molecular weight excluding hydrogens is 383 g/mol. The molecule has 1 fully saturated rings. The Morgan fingerprint density at radius 1 is 1.33 bits per heavy atom. The van der Waals surface area contributed by atoms with Crippen LogP contribution >= 0.6 is 22.6 Å². The standard InChI is InChI=1S/C15H21IN2O3/c1-11(10-19)18-6-5-17(9-14(18)16)12-3-2-4-13-15(12)21-8-7-20-13/h2-4,11,14,19H,5-10H2,1H3. The Balaban J connectivity index is 1.77. The summed E-state index contributed by atoms with van der Waals surface area (Å²) in [6.07, 6.45) is 0. The first kappa shape index (κ1) is 15.2. The number of alkyl halides is 1. The summed E-state index contributed by atoms with van der Waals surface area (Å²) < 4.78 is 11.9. The zero-order valence-electron chi connectivity index (χ0n) is 12.2. The molecule has 0 amide bonds. The van der Waals surface area contributed by atoms with Crippen molar-refractivity contribution in [1.82, 2.24) is 4.90 Å². The molecule has 2 aliphatic rings. The van der Waals surface area contributed by atoms with Crippen molar-refractivity contribution in [3.63, 3.8) is 0 Å². The van der Waals surface area contributed by atoms with Gasteiger partial charge in [-0.1, -0.05) is 28.7 Å². The minimum absolute atomic E-state index is 0.206. The molecule has 0 saturated carbocycles. The molecule has 1 aromatic carbocycles. The summed E-state index contributed by atoms with van der Waals surface area (Å²) >= 11 is 2.46. The lowest BCUT2D eigenvalue weighted by atomic mass is 10.2. The van der Waals surface area contributed by atoms with Gasteiger partial charge in [0.05, 0.1) is 16.3 Å². The molecular formula is C15H21IN2O3. The zero-order chi connectivity index (χ0) is 14.8. The van der Waals surface area contributed by atoms with Crippen molar-refractivity contribution in [3.8, 4) is 11.5 Å². The van der Waals surface area contributed by atoms with E-state index in [9.17, 15) is 5.11 Å². The van der Waals surface area contributed by atoms with Crippen LogP contribution in [0.4, 0.5) is 5.69 Å². The maximum Gasteiger partial charge on any atom is 0.184 e. The average Bonchev–Trinajstić information content (AvgIpc) is 2.53. The van der Waals surface area contributed by atoms with Gasteiger partial charge in [-0.25, -0.2) is 0 Å². The van der Waals surface area contributed by atoms with Gasteiger partial charge >= 0.3 is 0 Å². The molecule has 21 heavy (non-hydrogen) atoms. The van der Waals surface area contributed by atoms with Crippen molar-refractivity contribution < 1.29 is 14.6 Å². The molecule has 2 aliphatic heterocycles. The topological polar surface area (TPSA) is 45.2 Å². The highest BCUT2D eigenvalue weighted by atomic mass is 127. The van der Waals surface area contributed by atoms with Gasteiger partial charge in [0.25, 0.3) is 0 Å². The third kappa shape index (κ3) is 3.07. The number of halogens is 1. The van der Waals surface area contributed by atoms with E-state index in [1.54, 1.807) is 0 Å². The fourth-order valence-electron chi connectivity index (χ4n) is 2.88. The summed E-state index contributed by atoms with van der Waals surface area (Å²) in [6.45, 7) is 6.31. The number of benzene rings is 1. The molecule has 0 spiro atoms. The number of aliphatic hydroxyl groups excluding tert-OH is 1. The van der Waals surface area contributed by atoms with Crippen molar-refractivity contribution in [2.45, 2.75) is 17.0 Å². The Hall–Kier alpha value is -0.730. The molecule has 0 aromatic heterocycles. The number of nitrogens with zero attached hydrogens (tertiary/aromatic N) is 2. The smallest absolute Gasteiger partial charge is 0.184 e. The molecule has 1 saturated heterocycles. The van der Waals surface area contributed by atoms with E-state index in [2.05, 4.69) is 45.4 Å². The maximum atomic E-state index is 9.35. The molecule has 2 atom stereocenters. The van der Waals surface area contributed by atoms with Gasteiger partial charge in [-0.2, -0.15) is 0 Å². The number of hydrogen-bond donors (Lipinski definition) is 1.